The summed E-state index contributed by atoms with van der Waals surface area (Å²) in [5.74, 6) is 6.58. The van der Waals surface area contributed by atoms with Crippen molar-refractivity contribution in [3.05, 3.63) is 101 Å². The second-order valence-electron chi connectivity index (χ2n) is 10.6. The van der Waals surface area contributed by atoms with Crippen molar-refractivity contribution >= 4 is 17.2 Å². The maximum atomic E-state index is 11.4. The topological polar surface area (TPSA) is 118 Å². The number of aliphatic hydroxyl groups is 2. The standard InChI is InChI=1S/C23H27NO4.C12H16N2O/c1-17-3-5-19(6-4-17)7-8-20-9-11-21(12-10-20)14-24(28)23(16-26)22(15-25)13-18(2)27;1-13-6-5-9-8-14-12-4-3-10(15-2)7-11(9)12/h3-6,9-12,16,18,22-23,25,27-28H,13-15H2,1-2H3;3-4,7-8,13-14H,5-6H2,1-2H3/t18?,22-,23+;/m0./s1. The fourth-order valence-electron chi connectivity index (χ4n) is 4.70. The van der Waals surface area contributed by atoms with Crippen LogP contribution in [0.2, 0.25) is 0 Å². The lowest BCUT2D eigenvalue weighted by molar-refractivity contribution is -0.162. The third-order valence-electron chi connectivity index (χ3n) is 7.17. The van der Waals surface area contributed by atoms with E-state index >= 15 is 0 Å². The van der Waals surface area contributed by atoms with Gasteiger partial charge in [-0.3, -0.25) is 0 Å². The molecule has 4 rings (SSSR count). The quantitative estimate of drug-likeness (QED) is 0.0946. The Bertz CT molecular complexity index is 1470. The van der Waals surface area contributed by atoms with Gasteiger partial charge in [-0.2, -0.15) is 5.06 Å². The molecule has 1 unspecified atom stereocenters. The molecule has 1 aromatic heterocycles. The van der Waals surface area contributed by atoms with Gasteiger partial charge in [0, 0.05) is 47.3 Å². The Labute approximate surface area is 254 Å². The third kappa shape index (κ3) is 10.4. The second kappa shape index (κ2) is 17.2. The predicted octanol–water partition coefficient (Wildman–Crippen LogP) is 4.47. The molecule has 0 aliphatic heterocycles. The minimum absolute atomic E-state index is 0.130. The zero-order valence-electron chi connectivity index (χ0n) is 25.4. The van der Waals surface area contributed by atoms with E-state index in [9.17, 15) is 20.2 Å². The summed E-state index contributed by atoms with van der Waals surface area (Å²) in [5, 5.41) is 34.6. The van der Waals surface area contributed by atoms with Gasteiger partial charge in [-0.15, -0.1) is 0 Å². The molecule has 0 saturated carbocycles. The van der Waals surface area contributed by atoms with Gasteiger partial charge in [0.1, 0.15) is 12.0 Å². The zero-order chi connectivity index (χ0) is 31.2. The van der Waals surface area contributed by atoms with Crippen LogP contribution in [0.3, 0.4) is 0 Å². The Kier molecular flexibility index (Phi) is 13.4. The van der Waals surface area contributed by atoms with Gasteiger partial charge in [0.25, 0.3) is 0 Å². The number of aryl methyl sites for hydroxylation is 1. The molecule has 8 nitrogen and oxygen atoms in total. The zero-order valence-corrected chi connectivity index (χ0v) is 25.4. The molecular weight excluding hydrogens is 542 g/mol. The van der Waals surface area contributed by atoms with E-state index in [1.807, 2.05) is 68.6 Å². The first kappa shape index (κ1) is 33.5. The minimum Gasteiger partial charge on any atom is -0.497 e. The van der Waals surface area contributed by atoms with Crippen molar-refractivity contribution in [3.63, 3.8) is 0 Å². The van der Waals surface area contributed by atoms with Crippen LogP contribution in [-0.2, 0) is 17.8 Å². The molecule has 1 heterocycles. The first-order valence-electron chi connectivity index (χ1n) is 14.4. The molecule has 3 aromatic carbocycles. The summed E-state index contributed by atoms with van der Waals surface area (Å²) in [6.07, 6.45) is 3.26. The highest BCUT2D eigenvalue weighted by molar-refractivity contribution is 5.84. The number of H-pyrrole nitrogens is 1. The van der Waals surface area contributed by atoms with Crippen LogP contribution in [-0.4, -0.2) is 71.2 Å². The number of benzene rings is 3. The molecule has 8 heteroatoms. The predicted molar refractivity (Wildman–Crippen MR) is 170 cm³/mol. The average Bonchev–Trinajstić information content (AvgIpc) is 3.42. The van der Waals surface area contributed by atoms with E-state index in [4.69, 9.17) is 4.74 Å². The van der Waals surface area contributed by atoms with Gasteiger partial charge in [0.2, 0.25) is 0 Å². The SMILES string of the molecule is CNCCc1c[nH]c2ccc(OC)cc12.Cc1ccc(C#Cc2ccc(CN(O)[C@H](C=O)[C@H](CO)CC(C)O)cc2)cc1. The number of rotatable bonds is 12. The molecule has 0 amide bonds. The van der Waals surface area contributed by atoms with Gasteiger partial charge < -0.3 is 35.3 Å². The molecule has 0 fully saturated rings. The van der Waals surface area contributed by atoms with Crippen molar-refractivity contribution in [2.45, 2.75) is 45.4 Å². The highest BCUT2D eigenvalue weighted by Gasteiger charge is 2.27. The summed E-state index contributed by atoms with van der Waals surface area (Å²) in [6, 6.07) is 20.6. The van der Waals surface area contributed by atoms with Crippen LogP contribution in [0.25, 0.3) is 10.9 Å². The van der Waals surface area contributed by atoms with Gasteiger partial charge in [-0.1, -0.05) is 41.7 Å². The van der Waals surface area contributed by atoms with E-state index in [1.54, 1.807) is 14.0 Å². The highest BCUT2D eigenvalue weighted by Crippen LogP contribution is 2.23. The van der Waals surface area contributed by atoms with Gasteiger partial charge in [-0.05, 0) is 93.9 Å². The molecule has 4 aromatic rings. The first-order chi connectivity index (χ1) is 20.8. The van der Waals surface area contributed by atoms with E-state index in [0.717, 1.165) is 40.5 Å². The number of nitrogens with zero attached hydrogens (tertiary/aromatic N) is 1. The number of aromatic nitrogens is 1. The summed E-state index contributed by atoms with van der Waals surface area (Å²) < 4.78 is 5.22. The summed E-state index contributed by atoms with van der Waals surface area (Å²) in [5.41, 5.74) is 6.29. The Morgan fingerprint density at radius 3 is 2.26 bits per heavy atom. The number of hydrogen-bond acceptors (Lipinski definition) is 7. The Balaban J connectivity index is 0.000000282. The smallest absolute Gasteiger partial charge is 0.139 e. The van der Waals surface area contributed by atoms with Crippen molar-refractivity contribution in [2.24, 2.45) is 5.92 Å². The van der Waals surface area contributed by atoms with Crippen LogP contribution in [0.4, 0.5) is 0 Å². The number of carbonyl (C=O) groups is 1. The highest BCUT2D eigenvalue weighted by atomic mass is 16.5. The maximum absolute atomic E-state index is 11.4. The van der Waals surface area contributed by atoms with Crippen LogP contribution < -0.4 is 10.1 Å². The Morgan fingerprint density at radius 1 is 1.05 bits per heavy atom. The number of likely N-dealkylation sites (N-methyl/N-ethyl adjacent to an activating group) is 1. The van der Waals surface area contributed by atoms with Crippen LogP contribution in [0.1, 0.15) is 41.2 Å². The van der Waals surface area contributed by atoms with Crippen LogP contribution >= 0.6 is 0 Å². The molecule has 3 atom stereocenters. The molecule has 0 aliphatic carbocycles. The van der Waals surface area contributed by atoms with E-state index in [1.165, 1.54) is 22.0 Å². The van der Waals surface area contributed by atoms with Gasteiger partial charge in [0.15, 0.2) is 0 Å². The molecule has 0 bridgehead atoms. The van der Waals surface area contributed by atoms with E-state index in [2.05, 4.69) is 40.5 Å². The van der Waals surface area contributed by atoms with Gasteiger partial charge in [-0.25, -0.2) is 0 Å². The van der Waals surface area contributed by atoms with Crippen LogP contribution in [0.5, 0.6) is 5.75 Å². The molecule has 0 aliphatic rings. The Hall–Kier alpha value is -3.97. The molecule has 5 N–H and O–H groups in total. The fourth-order valence-corrected chi connectivity index (χ4v) is 4.70. The van der Waals surface area contributed by atoms with Crippen molar-refractivity contribution in [1.82, 2.24) is 15.4 Å². The van der Waals surface area contributed by atoms with E-state index in [0.29, 0.717) is 6.29 Å². The van der Waals surface area contributed by atoms with E-state index in [-0.39, 0.29) is 19.6 Å². The molecule has 0 radical (unpaired) electrons. The van der Waals surface area contributed by atoms with Crippen molar-refractivity contribution in [2.75, 3.05) is 27.3 Å². The number of ether oxygens (including phenoxy) is 1. The van der Waals surface area contributed by atoms with Crippen LogP contribution in [0.15, 0.2) is 72.9 Å². The number of methoxy groups -OCH3 is 1. The first-order valence-corrected chi connectivity index (χ1v) is 14.4. The number of aromatic amines is 1. The number of hydrogen-bond donors (Lipinski definition) is 5. The molecule has 43 heavy (non-hydrogen) atoms. The normalized spacial score (nSPS) is 12.9. The summed E-state index contributed by atoms with van der Waals surface area (Å²) in [6.45, 7) is 4.44. The summed E-state index contributed by atoms with van der Waals surface area (Å²) >= 11 is 0. The number of aldehydes is 1. The lowest BCUT2D eigenvalue weighted by Gasteiger charge is -2.28. The third-order valence-corrected chi connectivity index (χ3v) is 7.17. The summed E-state index contributed by atoms with van der Waals surface area (Å²) in [4.78, 5) is 14.7. The van der Waals surface area contributed by atoms with Gasteiger partial charge in [0.05, 0.1) is 19.3 Å². The second-order valence-corrected chi connectivity index (χ2v) is 10.6. The number of aliphatic hydroxyl groups excluding tert-OH is 2. The Morgan fingerprint density at radius 2 is 1.70 bits per heavy atom. The molecule has 0 spiro atoms. The fraction of sp³-hybridized carbons (Fsp3) is 0.343. The number of nitrogens with one attached hydrogen (secondary N) is 2. The molecular formula is C35H43N3O5. The van der Waals surface area contributed by atoms with Gasteiger partial charge >= 0.3 is 0 Å². The number of carbonyl (C=O) groups excluding carboxylic acids is 1. The monoisotopic (exact) mass is 585 g/mol. The molecule has 0 saturated heterocycles. The maximum Gasteiger partial charge on any atom is 0.139 e. The number of hydroxylamine groups is 2. The van der Waals surface area contributed by atoms with Crippen molar-refractivity contribution in [1.29, 1.82) is 0 Å². The van der Waals surface area contributed by atoms with Crippen molar-refractivity contribution < 1.29 is 25.0 Å². The minimum atomic E-state index is -0.888. The summed E-state index contributed by atoms with van der Waals surface area (Å²) in [7, 11) is 3.66. The lowest BCUT2D eigenvalue weighted by atomic mass is 9.94. The van der Waals surface area contributed by atoms with E-state index < -0.39 is 18.1 Å². The van der Waals surface area contributed by atoms with Crippen molar-refractivity contribution in [3.8, 4) is 17.6 Å². The lowest BCUT2D eigenvalue weighted by Crippen LogP contribution is -2.42. The average molecular weight is 586 g/mol. The largest absolute Gasteiger partial charge is 0.497 e. The number of fused-ring (bicyclic) bond motifs is 1. The van der Waals surface area contributed by atoms with Crippen LogP contribution in [0, 0.1) is 24.7 Å². The molecule has 228 valence electrons.